The molecule has 3 rings (SSSR count). The van der Waals surface area contributed by atoms with Gasteiger partial charge in [-0.25, -0.2) is 0 Å². The van der Waals surface area contributed by atoms with Gasteiger partial charge in [0, 0.05) is 26.1 Å². The minimum Gasteiger partial charge on any atom is -0.472 e. The lowest BCUT2D eigenvalue weighted by Gasteiger charge is -2.15. The van der Waals surface area contributed by atoms with Crippen molar-refractivity contribution in [1.29, 1.82) is 0 Å². The Balaban J connectivity index is 1.63. The number of hydrogen-bond acceptors (Lipinski definition) is 5. The van der Waals surface area contributed by atoms with Crippen molar-refractivity contribution in [2.75, 3.05) is 7.11 Å². The molecule has 21 heavy (non-hydrogen) atoms. The molecule has 2 aromatic heterocycles. The zero-order valence-corrected chi connectivity index (χ0v) is 11.9. The monoisotopic (exact) mass is 290 g/mol. The molecule has 7 heteroatoms. The number of aromatic nitrogens is 3. The van der Waals surface area contributed by atoms with Gasteiger partial charge >= 0.3 is 0 Å². The first-order valence-corrected chi connectivity index (χ1v) is 7.01. The molecular formula is C14H18N4O3. The third-order valence-electron chi connectivity index (χ3n) is 3.71. The molecule has 0 bridgehead atoms. The van der Waals surface area contributed by atoms with Crippen LogP contribution in [0.1, 0.15) is 34.8 Å². The predicted molar refractivity (Wildman–Crippen MR) is 73.6 cm³/mol. The lowest BCUT2D eigenvalue weighted by atomic mass is 10.1. The van der Waals surface area contributed by atoms with Crippen LogP contribution >= 0.6 is 0 Å². The highest BCUT2D eigenvalue weighted by molar-refractivity contribution is 5.93. The van der Waals surface area contributed by atoms with Gasteiger partial charge < -0.3 is 19.0 Å². The summed E-state index contributed by atoms with van der Waals surface area (Å²) in [4.78, 5) is 12.0. The van der Waals surface area contributed by atoms with Gasteiger partial charge in [0.1, 0.15) is 18.7 Å². The quantitative estimate of drug-likeness (QED) is 0.913. The zero-order chi connectivity index (χ0) is 14.7. The molecule has 0 radical (unpaired) electrons. The summed E-state index contributed by atoms with van der Waals surface area (Å²) in [6, 6.07) is 1.79. The molecule has 1 atom stereocenters. The van der Waals surface area contributed by atoms with Crippen molar-refractivity contribution in [3.05, 3.63) is 35.8 Å². The molecule has 1 unspecified atom stereocenters. The van der Waals surface area contributed by atoms with Gasteiger partial charge in [-0.3, -0.25) is 4.79 Å². The predicted octanol–water partition coefficient (Wildman–Crippen LogP) is 1.15. The molecule has 1 aliphatic rings. The van der Waals surface area contributed by atoms with Crippen molar-refractivity contribution in [3.63, 3.8) is 0 Å². The van der Waals surface area contributed by atoms with Gasteiger partial charge in [-0.05, 0) is 18.9 Å². The van der Waals surface area contributed by atoms with E-state index in [4.69, 9.17) is 9.15 Å². The second-order valence-corrected chi connectivity index (χ2v) is 5.13. The van der Waals surface area contributed by atoms with E-state index < -0.39 is 0 Å². The topological polar surface area (TPSA) is 82.2 Å². The zero-order valence-electron chi connectivity index (χ0n) is 11.9. The van der Waals surface area contributed by atoms with Crippen LogP contribution in [0.3, 0.4) is 0 Å². The first kappa shape index (κ1) is 13.8. The number of fused-ring (bicyclic) bond motifs is 1. The number of hydrogen-bond donors (Lipinski definition) is 1. The number of nitrogens with zero attached hydrogens (tertiary/aromatic N) is 3. The molecule has 0 spiro atoms. The Morgan fingerprint density at radius 3 is 3.19 bits per heavy atom. The minimum atomic E-state index is -0.0940. The Bertz CT molecular complexity index is 606. The average molecular weight is 290 g/mol. The van der Waals surface area contributed by atoms with Crippen LogP contribution in [-0.4, -0.2) is 33.8 Å². The maximum Gasteiger partial charge on any atom is 0.254 e. The van der Waals surface area contributed by atoms with Gasteiger partial charge in [0.25, 0.3) is 5.91 Å². The molecule has 1 amide bonds. The van der Waals surface area contributed by atoms with Gasteiger partial charge in [-0.2, -0.15) is 0 Å². The number of methoxy groups -OCH3 is 1. The minimum absolute atomic E-state index is 0.0940. The van der Waals surface area contributed by atoms with E-state index in [1.54, 1.807) is 13.2 Å². The van der Waals surface area contributed by atoms with Crippen LogP contribution in [0.25, 0.3) is 0 Å². The van der Waals surface area contributed by atoms with Crippen LogP contribution in [0.2, 0.25) is 0 Å². The summed E-state index contributed by atoms with van der Waals surface area (Å²) in [5, 5.41) is 11.4. The van der Waals surface area contributed by atoms with Crippen LogP contribution in [-0.2, 0) is 24.3 Å². The van der Waals surface area contributed by atoms with Crippen LogP contribution in [0.5, 0.6) is 0 Å². The molecule has 1 aliphatic heterocycles. The SMILES string of the molecule is COCc1nnc2n1CCC(NC(=O)c1ccoc1)CC2. The fourth-order valence-electron chi connectivity index (χ4n) is 2.59. The van der Waals surface area contributed by atoms with E-state index in [0.29, 0.717) is 12.2 Å². The number of ether oxygens (including phenoxy) is 1. The summed E-state index contributed by atoms with van der Waals surface area (Å²) < 4.78 is 12.2. The average Bonchev–Trinajstić information content (AvgIpc) is 3.09. The largest absolute Gasteiger partial charge is 0.472 e. The van der Waals surface area contributed by atoms with Gasteiger partial charge in [-0.15, -0.1) is 10.2 Å². The molecular weight excluding hydrogens is 272 g/mol. The molecule has 0 saturated carbocycles. The Labute approximate surface area is 122 Å². The molecule has 2 aromatic rings. The number of nitrogens with one attached hydrogen (secondary N) is 1. The second-order valence-electron chi connectivity index (χ2n) is 5.13. The third kappa shape index (κ3) is 2.97. The number of carbonyl (C=O) groups is 1. The Hall–Kier alpha value is -2.15. The Kier molecular flexibility index (Phi) is 4.01. The summed E-state index contributed by atoms with van der Waals surface area (Å²) in [5.74, 6) is 1.71. The van der Waals surface area contributed by atoms with E-state index in [1.807, 2.05) is 0 Å². The number of rotatable bonds is 4. The summed E-state index contributed by atoms with van der Waals surface area (Å²) in [6.07, 6.45) is 5.46. The Morgan fingerprint density at radius 2 is 2.43 bits per heavy atom. The maximum atomic E-state index is 12.0. The lowest BCUT2D eigenvalue weighted by Crippen LogP contribution is -2.35. The standard InChI is InChI=1S/C14H18N4O3/c1-20-9-13-17-16-12-3-2-11(4-6-18(12)13)15-14(19)10-5-7-21-8-10/h5,7-8,11H,2-4,6,9H2,1H3,(H,15,19). The molecule has 0 fully saturated rings. The number of aryl methyl sites for hydroxylation is 1. The van der Waals surface area contributed by atoms with E-state index >= 15 is 0 Å². The molecule has 1 N–H and O–H groups in total. The van der Waals surface area contributed by atoms with Crippen molar-refractivity contribution >= 4 is 5.91 Å². The van der Waals surface area contributed by atoms with Gasteiger partial charge in [-0.1, -0.05) is 0 Å². The normalized spacial score (nSPS) is 18.0. The molecule has 112 valence electrons. The summed E-state index contributed by atoms with van der Waals surface area (Å²) in [7, 11) is 1.65. The van der Waals surface area contributed by atoms with E-state index in [2.05, 4.69) is 20.1 Å². The summed E-state index contributed by atoms with van der Waals surface area (Å²) in [5.41, 5.74) is 0.554. The molecule has 7 nitrogen and oxygen atoms in total. The van der Waals surface area contributed by atoms with Crippen molar-refractivity contribution in [3.8, 4) is 0 Å². The van der Waals surface area contributed by atoms with Crippen molar-refractivity contribution in [1.82, 2.24) is 20.1 Å². The van der Waals surface area contributed by atoms with Crippen LogP contribution in [0.15, 0.2) is 23.0 Å². The van der Waals surface area contributed by atoms with Gasteiger partial charge in [0.15, 0.2) is 5.82 Å². The number of carbonyl (C=O) groups excluding carboxylic acids is 1. The van der Waals surface area contributed by atoms with Crippen molar-refractivity contribution in [2.45, 2.75) is 38.5 Å². The van der Waals surface area contributed by atoms with Crippen molar-refractivity contribution < 1.29 is 13.9 Å². The summed E-state index contributed by atoms with van der Waals surface area (Å²) >= 11 is 0. The molecule has 0 saturated heterocycles. The lowest BCUT2D eigenvalue weighted by molar-refractivity contribution is 0.0932. The van der Waals surface area contributed by atoms with Gasteiger partial charge in [0.2, 0.25) is 0 Å². The Morgan fingerprint density at radius 1 is 1.52 bits per heavy atom. The molecule has 0 aromatic carbocycles. The highest BCUT2D eigenvalue weighted by Crippen LogP contribution is 2.16. The fraction of sp³-hybridized carbons (Fsp3) is 0.500. The maximum absolute atomic E-state index is 12.0. The van der Waals surface area contributed by atoms with E-state index in [-0.39, 0.29) is 11.9 Å². The number of furan rings is 1. The van der Waals surface area contributed by atoms with E-state index in [9.17, 15) is 4.79 Å². The number of amides is 1. The fourth-order valence-corrected chi connectivity index (χ4v) is 2.59. The highest BCUT2D eigenvalue weighted by Gasteiger charge is 2.21. The van der Waals surface area contributed by atoms with E-state index in [1.165, 1.54) is 12.5 Å². The first-order valence-electron chi connectivity index (χ1n) is 7.01. The second kappa shape index (κ2) is 6.09. The van der Waals surface area contributed by atoms with Crippen LogP contribution in [0, 0.1) is 0 Å². The third-order valence-corrected chi connectivity index (χ3v) is 3.71. The molecule has 0 aliphatic carbocycles. The molecule has 3 heterocycles. The van der Waals surface area contributed by atoms with Gasteiger partial charge in [0.05, 0.1) is 11.8 Å². The first-order chi connectivity index (χ1) is 10.3. The summed E-state index contributed by atoms with van der Waals surface area (Å²) in [6.45, 7) is 1.25. The van der Waals surface area contributed by atoms with E-state index in [0.717, 1.165) is 37.5 Å². The van der Waals surface area contributed by atoms with Crippen LogP contribution in [0.4, 0.5) is 0 Å². The smallest absolute Gasteiger partial charge is 0.254 e. The van der Waals surface area contributed by atoms with Crippen molar-refractivity contribution in [2.24, 2.45) is 0 Å². The van der Waals surface area contributed by atoms with Crippen LogP contribution < -0.4 is 5.32 Å². The highest BCUT2D eigenvalue weighted by atomic mass is 16.5.